The smallest absolute Gasteiger partial charge is 0.333 e. The van der Waals surface area contributed by atoms with E-state index in [1.807, 2.05) is 30.5 Å². The van der Waals surface area contributed by atoms with Crippen LogP contribution < -0.4 is 5.73 Å². The van der Waals surface area contributed by atoms with Crippen LogP contribution in [0.4, 0.5) is 0 Å². The third-order valence-corrected chi connectivity index (χ3v) is 3.28. The van der Waals surface area contributed by atoms with Crippen molar-refractivity contribution in [1.29, 1.82) is 0 Å². The second-order valence-electron chi connectivity index (χ2n) is 4.52. The van der Waals surface area contributed by atoms with Gasteiger partial charge in [0.1, 0.15) is 5.78 Å². The summed E-state index contributed by atoms with van der Waals surface area (Å²) in [5.74, 6) is 0.0734. The standard InChI is InChI=1S/C9H7N.C6H13O5P.CH5N/c1-2-6-9-8(4-1)5-3-7-10-9;1-2-6(7)4-3-5-11-12(8,9)10;1-2/h1-7H;2-5H2,1H3,(H2,8,9,10);2H2,1H3. The van der Waals surface area contributed by atoms with Crippen molar-refractivity contribution >= 4 is 24.5 Å². The summed E-state index contributed by atoms with van der Waals surface area (Å²) in [5, 5.41) is 1.20. The van der Waals surface area contributed by atoms with E-state index < -0.39 is 7.82 Å². The minimum absolute atomic E-state index is 0.0734. The number of phosphoric acid groups is 1. The molecule has 0 amide bonds. The Labute approximate surface area is 142 Å². The van der Waals surface area contributed by atoms with E-state index in [-0.39, 0.29) is 12.4 Å². The highest BCUT2D eigenvalue weighted by Crippen LogP contribution is 2.35. The predicted octanol–water partition coefficient (Wildman–Crippen LogP) is 2.66. The predicted molar refractivity (Wildman–Crippen MR) is 94.4 cm³/mol. The Kier molecular flexibility index (Phi) is 11.9. The van der Waals surface area contributed by atoms with Crippen LogP contribution in [0.3, 0.4) is 0 Å². The number of carbonyl (C=O) groups excluding carboxylic acids is 1. The third-order valence-electron chi connectivity index (χ3n) is 2.77. The van der Waals surface area contributed by atoms with Gasteiger partial charge < -0.3 is 15.5 Å². The zero-order chi connectivity index (χ0) is 18.4. The first-order valence-corrected chi connectivity index (χ1v) is 9.04. The van der Waals surface area contributed by atoms with Gasteiger partial charge in [0, 0.05) is 24.4 Å². The SMILES string of the molecule is CCC(=O)CCCOP(=O)(O)O.CN.c1ccc2ncccc2c1. The minimum atomic E-state index is -4.35. The number of carbonyl (C=O) groups is 1. The molecule has 0 aliphatic heterocycles. The summed E-state index contributed by atoms with van der Waals surface area (Å²) in [6, 6.07) is 12.1. The van der Waals surface area contributed by atoms with Gasteiger partial charge in [0.15, 0.2) is 0 Å². The van der Waals surface area contributed by atoms with E-state index in [0.717, 1.165) is 5.52 Å². The molecule has 0 saturated heterocycles. The molecule has 0 aliphatic rings. The molecule has 8 heteroatoms. The maximum absolute atomic E-state index is 10.7. The van der Waals surface area contributed by atoms with E-state index in [2.05, 4.69) is 27.4 Å². The number of rotatable bonds is 6. The summed E-state index contributed by atoms with van der Waals surface area (Å²) in [6.07, 6.45) is 2.94. The van der Waals surface area contributed by atoms with Crippen LogP contribution in [0, 0.1) is 0 Å². The Morgan fingerprint density at radius 1 is 1.21 bits per heavy atom. The van der Waals surface area contributed by atoms with Gasteiger partial charge in [-0.1, -0.05) is 31.2 Å². The zero-order valence-electron chi connectivity index (χ0n) is 14.0. The van der Waals surface area contributed by atoms with E-state index in [4.69, 9.17) is 9.79 Å². The number of benzene rings is 1. The summed E-state index contributed by atoms with van der Waals surface area (Å²) >= 11 is 0. The van der Waals surface area contributed by atoms with Gasteiger partial charge in [-0.3, -0.25) is 14.3 Å². The monoisotopic (exact) mass is 356 g/mol. The quantitative estimate of drug-likeness (QED) is 0.537. The lowest BCUT2D eigenvalue weighted by Crippen LogP contribution is -1.98. The molecule has 7 nitrogen and oxygen atoms in total. The van der Waals surface area contributed by atoms with Gasteiger partial charge >= 0.3 is 7.82 Å². The number of phosphoric ester groups is 1. The number of pyridine rings is 1. The molecule has 4 N–H and O–H groups in total. The number of fused-ring (bicyclic) bond motifs is 1. The second-order valence-corrected chi connectivity index (χ2v) is 5.76. The molecular weight excluding hydrogens is 331 g/mol. The molecule has 2 aromatic rings. The van der Waals surface area contributed by atoms with Crippen molar-refractivity contribution in [2.24, 2.45) is 5.73 Å². The van der Waals surface area contributed by atoms with E-state index in [0.29, 0.717) is 19.3 Å². The lowest BCUT2D eigenvalue weighted by molar-refractivity contribution is -0.119. The van der Waals surface area contributed by atoms with E-state index in [1.54, 1.807) is 6.92 Å². The van der Waals surface area contributed by atoms with Crippen molar-refractivity contribution in [3.8, 4) is 0 Å². The van der Waals surface area contributed by atoms with Gasteiger partial charge in [-0.05, 0) is 25.6 Å². The molecule has 1 heterocycles. The number of hydrogen-bond acceptors (Lipinski definition) is 5. The Hall–Kier alpha value is -1.63. The van der Waals surface area contributed by atoms with Gasteiger partial charge in [0.2, 0.25) is 0 Å². The van der Waals surface area contributed by atoms with Crippen LogP contribution in [-0.4, -0.2) is 34.2 Å². The van der Waals surface area contributed by atoms with Crippen molar-refractivity contribution in [2.45, 2.75) is 26.2 Å². The summed E-state index contributed by atoms with van der Waals surface area (Å²) in [5.41, 5.74) is 5.56. The summed E-state index contributed by atoms with van der Waals surface area (Å²) in [7, 11) is -2.85. The maximum Gasteiger partial charge on any atom is 0.469 e. The molecule has 2 rings (SSSR count). The van der Waals surface area contributed by atoms with E-state index in [9.17, 15) is 9.36 Å². The Morgan fingerprint density at radius 2 is 1.83 bits per heavy atom. The highest BCUT2D eigenvalue weighted by Gasteiger charge is 2.12. The zero-order valence-corrected chi connectivity index (χ0v) is 14.9. The number of para-hydroxylation sites is 1. The molecule has 0 saturated carbocycles. The van der Waals surface area contributed by atoms with Crippen LogP contribution in [0.5, 0.6) is 0 Å². The molecule has 0 aliphatic carbocycles. The first-order chi connectivity index (χ1) is 11.4. The van der Waals surface area contributed by atoms with E-state index in [1.165, 1.54) is 12.4 Å². The highest BCUT2D eigenvalue weighted by atomic mass is 31.2. The molecule has 134 valence electrons. The first-order valence-electron chi connectivity index (χ1n) is 7.51. The van der Waals surface area contributed by atoms with Crippen LogP contribution in [0.15, 0.2) is 42.6 Å². The van der Waals surface area contributed by atoms with E-state index >= 15 is 0 Å². The Balaban J connectivity index is 0.000000402. The number of nitrogens with zero attached hydrogens (tertiary/aromatic N) is 1. The van der Waals surface area contributed by atoms with Crippen molar-refractivity contribution < 1.29 is 23.7 Å². The van der Waals surface area contributed by atoms with Crippen molar-refractivity contribution in [2.75, 3.05) is 13.7 Å². The molecule has 24 heavy (non-hydrogen) atoms. The van der Waals surface area contributed by atoms with Crippen LogP contribution >= 0.6 is 7.82 Å². The molecule has 1 aromatic heterocycles. The van der Waals surface area contributed by atoms with Gasteiger partial charge in [0.25, 0.3) is 0 Å². The fourth-order valence-corrected chi connectivity index (χ4v) is 2.01. The van der Waals surface area contributed by atoms with Crippen LogP contribution in [0.1, 0.15) is 26.2 Å². The molecule has 0 bridgehead atoms. The summed E-state index contributed by atoms with van der Waals surface area (Å²) < 4.78 is 14.3. The number of hydrogen-bond donors (Lipinski definition) is 3. The maximum atomic E-state index is 10.7. The molecule has 0 fully saturated rings. The normalized spacial score (nSPS) is 10.2. The highest BCUT2D eigenvalue weighted by molar-refractivity contribution is 7.46. The fourth-order valence-electron chi connectivity index (χ4n) is 1.65. The van der Waals surface area contributed by atoms with Crippen LogP contribution in [-0.2, 0) is 13.9 Å². The van der Waals surface area contributed by atoms with Crippen LogP contribution in [0.25, 0.3) is 10.9 Å². The lowest BCUT2D eigenvalue weighted by atomic mass is 10.2. The number of aromatic nitrogens is 1. The molecule has 0 spiro atoms. The van der Waals surface area contributed by atoms with Gasteiger partial charge in [-0.25, -0.2) is 4.57 Å². The summed E-state index contributed by atoms with van der Waals surface area (Å²) in [6.45, 7) is 1.67. The topological polar surface area (TPSA) is 123 Å². The number of Topliss-reactive ketones (excluding diaryl/α,β-unsaturated/α-hetero) is 1. The number of ketones is 1. The summed E-state index contributed by atoms with van der Waals surface area (Å²) in [4.78, 5) is 31.4. The first kappa shape index (κ1) is 22.4. The molecular formula is C16H25N2O5P. The third kappa shape index (κ3) is 11.0. The average Bonchev–Trinajstić information content (AvgIpc) is 2.60. The Morgan fingerprint density at radius 3 is 2.42 bits per heavy atom. The van der Waals surface area contributed by atoms with Crippen molar-refractivity contribution in [3.05, 3.63) is 42.6 Å². The van der Waals surface area contributed by atoms with Crippen molar-refractivity contribution in [3.63, 3.8) is 0 Å². The van der Waals surface area contributed by atoms with Crippen LogP contribution in [0.2, 0.25) is 0 Å². The number of nitrogens with two attached hydrogens (primary N) is 1. The van der Waals surface area contributed by atoms with Gasteiger partial charge in [-0.15, -0.1) is 0 Å². The molecule has 0 unspecified atom stereocenters. The largest absolute Gasteiger partial charge is 0.469 e. The van der Waals surface area contributed by atoms with Gasteiger partial charge in [0.05, 0.1) is 12.1 Å². The van der Waals surface area contributed by atoms with Gasteiger partial charge in [-0.2, -0.15) is 0 Å². The Bertz CT molecular complexity index is 580. The average molecular weight is 356 g/mol. The molecule has 0 atom stereocenters. The fraction of sp³-hybridized carbons (Fsp3) is 0.375. The lowest BCUT2D eigenvalue weighted by Gasteiger charge is -2.03. The second kappa shape index (κ2) is 12.8. The molecule has 1 aromatic carbocycles. The van der Waals surface area contributed by atoms with Crippen molar-refractivity contribution in [1.82, 2.24) is 4.98 Å². The molecule has 0 radical (unpaired) electrons. The minimum Gasteiger partial charge on any atom is -0.333 e.